The van der Waals surface area contributed by atoms with Gasteiger partial charge in [0.1, 0.15) is 12.1 Å². The minimum atomic E-state index is -1.01. The fraction of sp³-hybridized carbons (Fsp3) is 0.514. The van der Waals surface area contributed by atoms with E-state index >= 15 is 0 Å². The molecule has 15 heteroatoms. The van der Waals surface area contributed by atoms with Crippen LogP contribution in [-0.2, 0) is 35.2 Å². The molecule has 4 fully saturated rings. The maximum absolute atomic E-state index is 13.4. The van der Waals surface area contributed by atoms with Crippen LogP contribution in [0.25, 0.3) is 0 Å². The monoisotopic (exact) mass is 717 g/mol. The highest BCUT2D eigenvalue weighted by atomic mass is 16.2. The van der Waals surface area contributed by atoms with Crippen molar-refractivity contribution < 1.29 is 38.4 Å². The number of piperazine rings is 1. The van der Waals surface area contributed by atoms with Gasteiger partial charge in [0.05, 0.1) is 22.3 Å². The van der Waals surface area contributed by atoms with E-state index in [1.807, 2.05) is 19.9 Å². The normalized spacial score (nSPS) is 24.6. The number of carbonyl (C=O) groups excluding carboxylic acids is 8. The Morgan fingerprint density at radius 2 is 1.33 bits per heavy atom. The summed E-state index contributed by atoms with van der Waals surface area (Å²) >= 11 is 0. The summed E-state index contributed by atoms with van der Waals surface area (Å²) in [6.07, 6.45) is 3.31. The Hall–Kier alpha value is -5.02. The average Bonchev–Trinajstić information content (AvgIpc) is 3.53. The molecule has 8 amide bonds. The number of amides is 8. The highest BCUT2D eigenvalue weighted by Gasteiger charge is 2.48. The second kappa shape index (κ2) is 16.5. The topological polar surface area (TPSA) is 186 Å². The number of likely N-dealkylation sites (tertiary alicyclic amines) is 1. The fourth-order valence-electron chi connectivity index (χ4n) is 7.42. The van der Waals surface area contributed by atoms with E-state index in [0.717, 1.165) is 61.1 Å². The lowest BCUT2D eigenvalue weighted by atomic mass is 9.99. The van der Waals surface area contributed by atoms with Gasteiger partial charge in [-0.1, -0.05) is 32.1 Å². The van der Waals surface area contributed by atoms with Gasteiger partial charge in [-0.15, -0.1) is 0 Å². The van der Waals surface area contributed by atoms with Crippen molar-refractivity contribution in [2.24, 2.45) is 0 Å². The molecule has 0 bridgehead atoms. The molecule has 1 aromatic carbocycles. The Bertz CT molecular complexity index is 1740. The predicted molar refractivity (Wildman–Crippen MR) is 188 cm³/mol. The van der Waals surface area contributed by atoms with E-state index < -0.39 is 59.3 Å². The molecule has 5 aliphatic heterocycles. The first-order valence-corrected chi connectivity index (χ1v) is 18.1. The SMILES string of the molecule is C/C=C1/C(=O)N(C2CCC(=O)NC2=O)C(=O)/C1=C(/C)NCCN1CCN(CCCc2cccc3c2C(=O)N(C2CCC(=O)NC2=O)C3=O)CC1.CC. The number of aryl methyl sites for hydroxylation is 1. The lowest BCUT2D eigenvalue weighted by Gasteiger charge is -2.34. The highest BCUT2D eigenvalue weighted by Crippen LogP contribution is 2.32. The molecule has 0 spiro atoms. The number of rotatable bonds is 10. The molecule has 0 saturated carbocycles. The molecule has 5 aliphatic rings. The molecule has 6 rings (SSSR count). The first-order valence-electron chi connectivity index (χ1n) is 18.1. The molecule has 0 aliphatic carbocycles. The van der Waals surface area contributed by atoms with E-state index in [1.165, 1.54) is 0 Å². The van der Waals surface area contributed by atoms with Crippen LogP contribution in [0.3, 0.4) is 0 Å². The molecule has 5 heterocycles. The van der Waals surface area contributed by atoms with E-state index in [1.54, 1.807) is 32.1 Å². The first kappa shape index (κ1) is 38.2. The van der Waals surface area contributed by atoms with Gasteiger partial charge in [-0.3, -0.25) is 63.7 Å². The minimum Gasteiger partial charge on any atom is -0.387 e. The van der Waals surface area contributed by atoms with Crippen LogP contribution < -0.4 is 16.0 Å². The lowest BCUT2D eigenvalue weighted by Crippen LogP contribution is -2.54. The van der Waals surface area contributed by atoms with Crippen molar-refractivity contribution in [1.82, 2.24) is 35.6 Å². The van der Waals surface area contributed by atoms with Crippen molar-refractivity contribution >= 4 is 47.3 Å². The zero-order chi connectivity index (χ0) is 37.7. The van der Waals surface area contributed by atoms with Gasteiger partial charge in [-0.2, -0.15) is 0 Å². The van der Waals surface area contributed by atoms with Crippen LogP contribution in [0.1, 0.15) is 86.1 Å². The molecule has 3 N–H and O–H groups in total. The summed E-state index contributed by atoms with van der Waals surface area (Å²) in [6, 6.07) is 3.21. The number of allylic oxidation sites excluding steroid dienone is 2. The Labute approximate surface area is 302 Å². The Balaban J connectivity index is 0.00000257. The number of nitrogens with one attached hydrogen (secondary N) is 3. The number of hydrogen-bond acceptors (Lipinski definition) is 11. The van der Waals surface area contributed by atoms with Gasteiger partial charge in [0.2, 0.25) is 23.6 Å². The molecule has 0 radical (unpaired) electrons. The van der Waals surface area contributed by atoms with Crippen molar-refractivity contribution in [1.29, 1.82) is 0 Å². The average molecular weight is 718 g/mol. The molecular weight excluding hydrogens is 670 g/mol. The van der Waals surface area contributed by atoms with E-state index in [2.05, 4.69) is 25.8 Å². The number of carbonyl (C=O) groups is 8. The van der Waals surface area contributed by atoms with E-state index in [9.17, 15) is 38.4 Å². The Kier molecular flexibility index (Phi) is 12.2. The van der Waals surface area contributed by atoms with Gasteiger partial charge in [-0.25, -0.2) is 0 Å². The molecular formula is C37H47N7O8. The van der Waals surface area contributed by atoms with Gasteiger partial charge >= 0.3 is 0 Å². The van der Waals surface area contributed by atoms with Crippen molar-refractivity contribution in [3.05, 3.63) is 57.8 Å². The van der Waals surface area contributed by atoms with Crippen molar-refractivity contribution in [3.63, 3.8) is 0 Å². The van der Waals surface area contributed by atoms with Crippen molar-refractivity contribution in [3.8, 4) is 0 Å². The van der Waals surface area contributed by atoms with Crippen LogP contribution in [0.5, 0.6) is 0 Å². The van der Waals surface area contributed by atoms with Crippen LogP contribution in [0.2, 0.25) is 0 Å². The number of benzene rings is 1. The first-order chi connectivity index (χ1) is 25.0. The summed E-state index contributed by atoms with van der Waals surface area (Å²) in [4.78, 5) is 108. The summed E-state index contributed by atoms with van der Waals surface area (Å²) in [7, 11) is 0. The third-order valence-corrected chi connectivity index (χ3v) is 10.1. The molecule has 4 saturated heterocycles. The number of imide groups is 4. The van der Waals surface area contributed by atoms with Crippen LogP contribution in [-0.4, -0.2) is 125 Å². The second-order valence-electron chi connectivity index (χ2n) is 13.2. The van der Waals surface area contributed by atoms with Crippen LogP contribution in [0.4, 0.5) is 0 Å². The quantitative estimate of drug-likeness (QED) is 0.228. The maximum Gasteiger partial charge on any atom is 0.264 e. The lowest BCUT2D eigenvalue weighted by molar-refractivity contribution is -0.149. The van der Waals surface area contributed by atoms with E-state index in [-0.39, 0.29) is 36.8 Å². The molecule has 0 aromatic heterocycles. The number of nitrogens with zero attached hydrogens (tertiary/aromatic N) is 4. The van der Waals surface area contributed by atoms with Gasteiger partial charge in [0, 0.05) is 57.8 Å². The van der Waals surface area contributed by atoms with E-state index in [4.69, 9.17) is 0 Å². The van der Waals surface area contributed by atoms with Gasteiger partial charge in [0.15, 0.2) is 0 Å². The molecule has 278 valence electrons. The summed E-state index contributed by atoms with van der Waals surface area (Å²) < 4.78 is 0. The summed E-state index contributed by atoms with van der Waals surface area (Å²) in [5.41, 5.74) is 2.44. The third kappa shape index (κ3) is 7.60. The zero-order valence-electron chi connectivity index (χ0n) is 30.2. The van der Waals surface area contributed by atoms with E-state index in [0.29, 0.717) is 29.8 Å². The van der Waals surface area contributed by atoms with Crippen LogP contribution in [0.15, 0.2) is 41.1 Å². The molecule has 1 aromatic rings. The predicted octanol–water partition coefficient (Wildman–Crippen LogP) is 0.648. The number of piperidine rings is 2. The van der Waals surface area contributed by atoms with Crippen LogP contribution in [0, 0.1) is 0 Å². The molecule has 15 nitrogen and oxygen atoms in total. The maximum atomic E-state index is 13.4. The third-order valence-electron chi connectivity index (χ3n) is 10.1. The highest BCUT2D eigenvalue weighted by molar-refractivity contribution is 6.26. The zero-order valence-corrected chi connectivity index (χ0v) is 30.2. The Morgan fingerprint density at radius 1 is 0.769 bits per heavy atom. The largest absolute Gasteiger partial charge is 0.387 e. The number of hydrogen-bond donors (Lipinski definition) is 3. The van der Waals surface area contributed by atoms with Crippen molar-refractivity contribution in [2.75, 3.05) is 45.8 Å². The molecule has 2 atom stereocenters. The Morgan fingerprint density at radius 3 is 1.88 bits per heavy atom. The van der Waals surface area contributed by atoms with Gasteiger partial charge < -0.3 is 10.2 Å². The van der Waals surface area contributed by atoms with Crippen LogP contribution >= 0.6 is 0 Å². The smallest absolute Gasteiger partial charge is 0.264 e. The molecule has 52 heavy (non-hydrogen) atoms. The minimum absolute atomic E-state index is 0.0627. The van der Waals surface area contributed by atoms with Gasteiger partial charge in [-0.05, 0) is 57.7 Å². The fourth-order valence-corrected chi connectivity index (χ4v) is 7.42. The standard InChI is InChI=1S/C35H41N7O8.C2H6/c1-3-22-28(34(49)41(32(22)47)24-9-11-26(43)37-30(24)45)20(2)36-13-15-40-18-16-39(17-19-40)14-5-7-21-6-4-8-23-29(21)35(50)42(33(23)48)25-10-12-27(44)38-31(25)46;1-2/h3-4,6,8,24-25,36H,5,7,9-19H2,1-2H3,(H,37,43,45)(H,38,44,46);1-2H3/b22-3+,28-20-;. The van der Waals surface area contributed by atoms with Gasteiger partial charge in [0.25, 0.3) is 23.6 Å². The molecule has 2 unspecified atom stereocenters. The number of fused-ring (bicyclic) bond motifs is 1. The summed E-state index contributed by atoms with van der Waals surface area (Å²) in [6.45, 7) is 12.9. The summed E-state index contributed by atoms with van der Waals surface area (Å²) in [5.74, 6) is -4.16. The second-order valence-corrected chi connectivity index (χ2v) is 13.2. The summed E-state index contributed by atoms with van der Waals surface area (Å²) in [5, 5.41) is 7.73. The van der Waals surface area contributed by atoms with Crippen molar-refractivity contribution in [2.45, 2.75) is 78.3 Å².